The van der Waals surface area contributed by atoms with Crippen LogP contribution in [0.25, 0.3) is 0 Å². The molecule has 0 fully saturated rings. The van der Waals surface area contributed by atoms with Crippen molar-refractivity contribution >= 4 is 21.4 Å². The van der Waals surface area contributed by atoms with Crippen LogP contribution in [0.15, 0.2) is 12.3 Å². The van der Waals surface area contributed by atoms with Crippen LogP contribution in [-0.4, -0.2) is 25.5 Å². The molecule has 0 unspecified atom stereocenters. The van der Waals surface area contributed by atoms with Crippen molar-refractivity contribution in [3.05, 3.63) is 16.6 Å². The summed E-state index contributed by atoms with van der Waals surface area (Å²) < 4.78 is 0.713. The average molecular weight is 174 g/mol. The molecular weight excluding hydrogens is 169 g/mol. The Kier molecular flexibility index (Phi) is 1.46. The Balaban J connectivity index is 3.28. The molecule has 0 spiro atoms. The first kappa shape index (κ1) is 5.53. The van der Waals surface area contributed by atoms with E-state index in [4.69, 9.17) is 5.73 Å². The van der Waals surface area contributed by atoms with Gasteiger partial charge in [-0.05, 0) is 0 Å². The van der Waals surface area contributed by atoms with E-state index in [2.05, 4.69) is 25.5 Å². The molecule has 4 heteroatoms. The Labute approximate surface area is 54.3 Å². The third-order valence-corrected chi connectivity index (χ3v) is 1.13. The zero-order valence-corrected chi connectivity index (χ0v) is 5.80. The fourth-order valence-corrected chi connectivity index (χ4v) is 0.749. The van der Waals surface area contributed by atoms with Gasteiger partial charge in [-0.15, -0.1) is 0 Å². The Hall–Kier alpha value is -0.601. The van der Waals surface area contributed by atoms with Gasteiger partial charge in [-0.25, -0.2) is 0 Å². The van der Waals surface area contributed by atoms with E-state index in [0.29, 0.717) is 10.1 Å². The van der Waals surface area contributed by atoms with Crippen LogP contribution in [0.5, 0.6) is 0 Å². The zero-order valence-electron chi connectivity index (χ0n) is 4.09. The third-order valence-electron chi connectivity index (χ3n) is 0.692. The summed E-state index contributed by atoms with van der Waals surface area (Å²) in [7, 11) is 0. The molecule has 0 aliphatic rings. The summed E-state index contributed by atoms with van der Waals surface area (Å²) in [6.07, 6.45) is 1.73. The van der Waals surface area contributed by atoms with Gasteiger partial charge >= 0.3 is 53.7 Å². The van der Waals surface area contributed by atoms with Crippen LogP contribution in [0.3, 0.4) is 0 Å². The molecule has 3 nitrogen and oxygen atoms in total. The van der Waals surface area contributed by atoms with Crippen molar-refractivity contribution < 1.29 is 0 Å². The fraction of sp³-hybridized carbons (Fsp3) is 0. The second kappa shape index (κ2) is 2.11. The summed E-state index contributed by atoms with van der Waals surface area (Å²) in [6.45, 7) is 0. The SMILES string of the molecule is Nc1cc[nH]c(=[Se])n1. The molecule has 0 atom stereocenters. The van der Waals surface area contributed by atoms with Crippen molar-refractivity contribution in [3.8, 4) is 0 Å². The molecule has 0 aromatic carbocycles. The number of anilines is 1. The topological polar surface area (TPSA) is 54.7 Å². The standard InChI is InChI=1S/C4H5N3Se/c5-3-1-2-6-4(8)7-3/h1-2H,(H3,5,6,7,8). The van der Waals surface area contributed by atoms with E-state index >= 15 is 0 Å². The number of H-pyrrole nitrogens is 1. The second-order valence-corrected chi connectivity index (χ2v) is 2.13. The monoisotopic (exact) mass is 175 g/mol. The van der Waals surface area contributed by atoms with Gasteiger partial charge in [0.25, 0.3) is 0 Å². The average Bonchev–Trinajstić information content (AvgIpc) is 1.64. The van der Waals surface area contributed by atoms with Crippen LogP contribution < -0.4 is 5.73 Å². The second-order valence-electron chi connectivity index (χ2n) is 1.32. The van der Waals surface area contributed by atoms with E-state index in [1.807, 2.05) is 0 Å². The quantitative estimate of drug-likeness (QED) is 0.530. The number of nitrogens with zero attached hydrogens (tertiary/aromatic N) is 1. The molecule has 0 saturated heterocycles. The van der Waals surface area contributed by atoms with E-state index in [1.54, 1.807) is 12.3 Å². The van der Waals surface area contributed by atoms with Gasteiger partial charge in [0.15, 0.2) is 0 Å². The molecule has 1 rings (SSSR count). The number of rotatable bonds is 0. The molecule has 0 radical (unpaired) electrons. The molecule has 1 aromatic rings. The van der Waals surface area contributed by atoms with Gasteiger partial charge in [0.2, 0.25) is 0 Å². The molecule has 8 heavy (non-hydrogen) atoms. The summed E-state index contributed by atoms with van der Waals surface area (Å²) in [5, 5.41) is 0. The van der Waals surface area contributed by atoms with Gasteiger partial charge in [0, 0.05) is 0 Å². The molecule has 0 bridgehead atoms. The Morgan fingerprint density at radius 2 is 2.50 bits per heavy atom. The number of nitrogens with two attached hydrogens (primary N) is 1. The molecule has 3 N–H and O–H groups in total. The Morgan fingerprint density at radius 1 is 1.75 bits per heavy atom. The van der Waals surface area contributed by atoms with Crippen LogP contribution in [0.1, 0.15) is 0 Å². The molecule has 1 heterocycles. The van der Waals surface area contributed by atoms with E-state index < -0.39 is 0 Å². The van der Waals surface area contributed by atoms with Crippen LogP contribution in [-0.2, 0) is 0 Å². The van der Waals surface area contributed by atoms with Crippen molar-refractivity contribution in [2.24, 2.45) is 0 Å². The number of nitrogens with one attached hydrogen (secondary N) is 1. The molecule has 0 aliphatic carbocycles. The van der Waals surface area contributed by atoms with Crippen molar-refractivity contribution in [3.63, 3.8) is 0 Å². The van der Waals surface area contributed by atoms with Crippen molar-refractivity contribution in [2.75, 3.05) is 5.73 Å². The Bertz CT molecular complexity index is 229. The molecule has 0 aliphatic heterocycles. The third kappa shape index (κ3) is 1.18. The number of hydrogen-bond acceptors (Lipinski definition) is 2. The first-order valence-electron chi connectivity index (χ1n) is 2.10. The maximum atomic E-state index is 5.31. The van der Waals surface area contributed by atoms with Gasteiger partial charge in [-0.3, -0.25) is 0 Å². The van der Waals surface area contributed by atoms with Crippen LogP contribution >= 0.6 is 0 Å². The zero-order chi connectivity index (χ0) is 5.98. The molecule has 42 valence electrons. The number of aromatic nitrogens is 2. The first-order chi connectivity index (χ1) is 3.79. The van der Waals surface area contributed by atoms with Gasteiger partial charge in [-0.1, -0.05) is 0 Å². The van der Waals surface area contributed by atoms with Gasteiger partial charge in [-0.2, -0.15) is 0 Å². The van der Waals surface area contributed by atoms with E-state index in [1.165, 1.54) is 0 Å². The van der Waals surface area contributed by atoms with E-state index in [9.17, 15) is 0 Å². The van der Waals surface area contributed by atoms with Crippen molar-refractivity contribution in [2.45, 2.75) is 0 Å². The number of hydrogen-bond donors (Lipinski definition) is 2. The molecule has 1 aromatic heterocycles. The van der Waals surface area contributed by atoms with E-state index in [0.717, 1.165) is 0 Å². The maximum absolute atomic E-state index is 5.31. The molecular formula is C4H5N3Se. The predicted octanol–water partition coefficient (Wildman–Crippen LogP) is -0.308. The normalized spacial score (nSPS) is 9.00. The summed E-state index contributed by atoms with van der Waals surface area (Å²) in [4.78, 5) is 6.67. The van der Waals surface area contributed by atoms with Gasteiger partial charge < -0.3 is 0 Å². The van der Waals surface area contributed by atoms with Crippen LogP contribution in [0.2, 0.25) is 0 Å². The summed E-state index contributed by atoms with van der Waals surface area (Å²) in [6, 6.07) is 1.70. The van der Waals surface area contributed by atoms with E-state index in [-0.39, 0.29) is 0 Å². The van der Waals surface area contributed by atoms with Gasteiger partial charge in [0.1, 0.15) is 0 Å². The summed E-state index contributed by atoms with van der Waals surface area (Å²) in [5.41, 5.74) is 5.31. The summed E-state index contributed by atoms with van der Waals surface area (Å²) >= 11 is 2.70. The minimum atomic E-state index is 0.525. The van der Waals surface area contributed by atoms with Crippen molar-refractivity contribution in [1.29, 1.82) is 0 Å². The van der Waals surface area contributed by atoms with Crippen LogP contribution in [0.4, 0.5) is 5.82 Å². The predicted molar refractivity (Wildman–Crippen MR) is 32.0 cm³/mol. The number of aromatic amines is 1. The fourth-order valence-electron chi connectivity index (χ4n) is 0.385. The van der Waals surface area contributed by atoms with Crippen LogP contribution in [0, 0.1) is 4.32 Å². The first-order valence-corrected chi connectivity index (χ1v) is 2.96. The summed E-state index contributed by atoms with van der Waals surface area (Å²) in [5.74, 6) is 0.525. The minimum absolute atomic E-state index is 0.525. The Morgan fingerprint density at radius 3 is 2.88 bits per heavy atom. The van der Waals surface area contributed by atoms with Gasteiger partial charge in [0.05, 0.1) is 0 Å². The van der Waals surface area contributed by atoms with Crippen molar-refractivity contribution in [1.82, 2.24) is 9.97 Å². The number of nitrogen functional groups attached to an aromatic ring is 1. The molecule has 0 saturated carbocycles. The molecule has 0 amide bonds.